The molecule has 0 radical (unpaired) electrons. The van der Waals surface area contributed by atoms with Gasteiger partial charge in [0.2, 0.25) is 17.7 Å². The Balaban J connectivity index is 1.65. The summed E-state index contributed by atoms with van der Waals surface area (Å²) in [5.74, 6) is -1.17. The number of amides is 3. The van der Waals surface area contributed by atoms with Gasteiger partial charge in [-0.1, -0.05) is 18.2 Å². The molecule has 7 nitrogen and oxygen atoms in total. The molecule has 29 heavy (non-hydrogen) atoms. The maximum Gasteiger partial charge on any atom is 0.241 e. The zero-order chi connectivity index (χ0) is 21.0. The molecule has 2 N–H and O–H groups in total. The van der Waals surface area contributed by atoms with Crippen LogP contribution in [0.5, 0.6) is 0 Å². The van der Waals surface area contributed by atoms with E-state index in [1.165, 1.54) is 18.2 Å². The van der Waals surface area contributed by atoms with E-state index in [1.807, 2.05) is 6.92 Å². The molecule has 152 valence electrons. The van der Waals surface area contributed by atoms with Crippen LogP contribution in [-0.4, -0.2) is 48.8 Å². The van der Waals surface area contributed by atoms with Gasteiger partial charge in [0.05, 0.1) is 24.5 Å². The lowest BCUT2D eigenvalue weighted by Crippen LogP contribution is -2.45. The minimum Gasteiger partial charge on any atom is -0.325 e. The molecule has 0 saturated carbocycles. The minimum atomic E-state index is -0.441. The summed E-state index contributed by atoms with van der Waals surface area (Å²) >= 11 is 0. The quantitative estimate of drug-likeness (QED) is 0.811. The van der Waals surface area contributed by atoms with Crippen LogP contribution in [0.1, 0.15) is 13.3 Å². The molecule has 0 fully saturated rings. The van der Waals surface area contributed by atoms with Crippen LogP contribution in [0.25, 0.3) is 0 Å². The molecular weight excluding hydrogens is 375 g/mol. The number of carbonyl (C=O) groups is 3. The van der Waals surface area contributed by atoms with Gasteiger partial charge in [-0.25, -0.2) is 4.39 Å². The molecule has 0 saturated heterocycles. The Kier molecular flexibility index (Phi) is 6.23. The van der Waals surface area contributed by atoms with Crippen molar-refractivity contribution in [3.63, 3.8) is 0 Å². The number of fused-ring (bicyclic) bond motifs is 1. The molecule has 8 heteroatoms. The summed E-state index contributed by atoms with van der Waals surface area (Å²) in [6.07, 6.45) is 0.185. The highest BCUT2D eigenvalue weighted by molar-refractivity contribution is 6.05. The highest BCUT2D eigenvalue weighted by atomic mass is 19.1. The Morgan fingerprint density at radius 3 is 2.72 bits per heavy atom. The molecule has 1 heterocycles. The molecule has 0 aromatic heterocycles. The largest absolute Gasteiger partial charge is 0.325 e. The van der Waals surface area contributed by atoms with E-state index in [0.29, 0.717) is 17.1 Å². The molecule has 3 rings (SSSR count). The van der Waals surface area contributed by atoms with Crippen molar-refractivity contribution < 1.29 is 18.8 Å². The summed E-state index contributed by atoms with van der Waals surface area (Å²) in [7, 11) is 1.65. The Labute approximate surface area is 168 Å². The fourth-order valence-electron chi connectivity index (χ4n) is 3.34. The van der Waals surface area contributed by atoms with Crippen LogP contribution in [0, 0.1) is 5.82 Å². The predicted octanol–water partition coefficient (Wildman–Crippen LogP) is 2.46. The molecular formula is C21H23FN4O3. The SMILES string of the molecule is C[C@@H]1CC(=O)Nc2ccccc2N1C(=O)CN(C)CC(=O)Nc1cccc(F)c1. The number of anilines is 3. The van der Waals surface area contributed by atoms with Crippen molar-refractivity contribution in [3.05, 3.63) is 54.3 Å². The molecule has 0 bridgehead atoms. The van der Waals surface area contributed by atoms with E-state index in [2.05, 4.69) is 10.6 Å². The smallest absolute Gasteiger partial charge is 0.241 e. The number of nitrogens with one attached hydrogen (secondary N) is 2. The monoisotopic (exact) mass is 398 g/mol. The first-order valence-electron chi connectivity index (χ1n) is 9.28. The molecule has 0 unspecified atom stereocenters. The van der Waals surface area contributed by atoms with Crippen LogP contribution in [0.15, 0.2) is 48.5 Å². The topological polar surface area (TPSA) is 81.8 Å². The van der Waals surface area contributed by atoms with Gasteiger partial charge >= 0.3 is 0 Å². The van der Waals surface area contributed by atoms with Crippen molar-refractivity contribution >= 4 is 34.8 Å². The Bertz CT molecular complexity index is 934. The highest BCUT2D eigenvalue weighted by Crippen LogP contribution is 2.31. The summed E-state index contributed by atoms with van der Waals surface area (Å²) in [5, 5.41) is 5.42. The van der Waals surface area contributed by atoms with E-state index in [9.17, 15) is 18.8 Å². The third-order valence-electron chi connectivity index (χ3n) is 4.56. The van der Waals surface area contributed by atoms with Crippen LogP contribution in [0.2, 0.25) is 0 Å². The van der Waals surface area contributed by atoms with Crippen molar-refractivity contribution in [2.45, 2.75) is 19.4 Å². The van der Waals surface area contributed by atoms with Gasteiger partial charge in [-0.3, -0.25) is 19.3 Å². The fraction of sp³-hybridized carbons (Fsp3) is 0.286. The van der Waals surface area contributed by atoms with E-state index < -0.39 is 5.82 Å². The van der Waals surface area contributed by atoms with Gasteiger partial charge in [-0.05, 0) is 44.3 Å². The highest BCUT2D eigenvalue weighted by Gasteiger charge is 2.30. The zero-order valence-electron chi connectivity index (χ0n) is 16.3. The second-order valence-corrected chi connectivity index (χ2v) is 7.11. The number of likely N-dealkylation sites (N-methyl/N-ethyl adjacent to an activating group) is 1. The summed E-state index contributed by atoms with van der Waals surface area (Å²) < 4.78 is 13.2. The van der Waals surface area contributed by atoms with Crippen LogP contribution in [-0.2, 0) is 14.4 Å². The van der Waals surface area contributed by atoms with Crippen molar-refractivity contribution in [3.8, 4) is 0 Å². The number of para-hydroxylation sites is 2. The Morgan fingerprint density at radius 1 is 1.21 bits per heavy atom. The van der Waals surface area contributed by atoms with Crippen LogP contribution >= 0.6 is 0 Å². The molecule has 2 aromatic rings. The molecule has 2 aromatic carbocycles. The Morgan fingerprint density at radius 2 is 1.97 bits per heavy atom. The maximum absolute atomic E-state index is 13.2. The van der Waals surface area contributed by atoms with Gasteiger partial charge in [-0.15, -0.1) is 0 Å². The standard InChI is InChI=1S/C21H23FN4O3/c1-14-10-19(27)24-17-8-3-4-9-18(17)26(14)21(29)13-25(2)12-20(28)23-16-7-5-6-15(22)11-16/h3-9,11,14H,10,12-13H2,1-2H3,(H,23,28)(H,24,27)/t14-/m1/s1. The number of halogens is 1. The first kappa shape index (κ1) is 20.5. The van der Waals surface area contributed by atoms with E-state index in [1.54, 1.807) is 47.2 Å². The lowest BCUT2D eigenvalue weighted by Gasteiger charge is -2.29. The van der Waals surface area contributed by atoms with Crippen molar-refractivity contribution in [2.24, 2.45) is 0 Å². The minimum absolute atomic E-state index is 0.0105. The van der Waals surface area contributed by atoms with E-state index in [4.69, 9.17) is 0 Å². The second kappa shape index (κ2) is 8.83. The van der Waals surface area contributed by atoms with Gasteiger partial charge in [0.1, 0.15) is 5.82 Å². The van der Waals surface area contributed by atoms with Crippen molar-refractivity contribution in [1.82, 2.24) is 4.90 Å². The lowest BCUT2D eigenvalue weighted by molar-refractivity contribution is -0.121. The van der Waals surface area contributed by atoms with Crippen LogP contribution < -0.4 is 15.5 Å². The summed E-state index contributed by atoms with van der Waals surface area (Å²) in [6.45, 7) is 1.77. The summed E-state index contributed by atoms with van der Waals surface area (Å²) in [4.78, 5) is 40.4. The average molecular weight is 398 g/mol. The fourth-order valence-corrected chi connectivity index (χ4v) is 3.34. The molecule has 0 aliphatic carbocycles. The zero-order valence-corrected chi connectivity index (χ0v) is 16.3. The second-order valence-electron chi connectivity index (χ2n) is 7.11. The maximum atomic E-state index is 13.2. The number of hydrogen-bond acceptors (Lipinski definition) is 4. The van der Waals surface area contributed by atoms with E-state index in [0.717, 1.165) is 0 Å². The third-order valence-corrected chi connectivity index (χ3v) is 4.56. The van der Waals surface area contributed by atoms with Gasteiger partial charge < -0.3 is 15.5 Å². The molecule has 0 spiro atoms. The molecule has 1 aliphatic heterocycles. The van der Waals surface area contributed by atoms with Gasteiger partial charge in [0.15, 0.2) is 0 Å². The van der Waals surface area contributed by atoms with Gasteiger partial charge in [0.25, 0.3) is 0 Å². The Hall–Kier alpha value is -3.26. The van der Waals surface area contributed by atoms with Crippen molar-refractivity contribution in [2.75, 3.05) is 35.7 Å². The normalized spacial score (nSPS) is 16.1. The first-order valence-corrected chi connectivity index (χ1v) is 9.28. The number of carbonyl (C=O) groups excluding carboxylic acids is 3. The predicted molar refractivity (Wildman–Crippen MR) is 109 cm³/mol. The molecule has 3 amide bonds. The van der Waals surface area contributed by atoms with Crippen LogP contribution in [0.3, 0.4) is 0 Å². The third kappa shape index (κ3) is 5.17. The molecule has 1 aliphatic rings. The number of nitrogens with zero attached hydrogens (tertiary/aromatic N) is 2. The average Bonchev–Trinajstić information content (AvgIpc) is 2.75. The lowest BCUT2D eigenvalue weighted by atomic mass is 10.1. The van der Waals surface area contributed by atoms with Gasteiger partial charge in [-0.2, -0.15) is 0 Å². The number of hydrogen-bond donors (Lipinski definition) is 2. The van der Waals surface area contributed by atoms with E-state index >= 15 is 0 Å². The van der Waals surface area contributed by atoms with E-state index in [-0.39, 0.29) is 43.3 Å². The molecule has 1 atom stereocenters. The number of benzene rings is 2. The summed E-state index contributed by atoms with van der Waals surface area (Å²) in [5.41, 5.74) is 1.57. The summed E-state index contributed by atoms with van der Waals surface area (Å²) in [6, 6.07) is 12.4. The van der Waals surface area contributed by atoms with Crippen LogP contribution in [0.4, 0.5) is 21.5 Å². The van der Waals surface area contributed by atoms with Gasteiger partial charge in [0, 0.05) is 18.2 Å². The number of rotatable bonds is 5. The first-order chi connectivity index (χ1) is 13.8. The van der Waals surface area contributed by atoms with Crippen molar-refractivity contribution in [1.29, 1.82) is 0 Å².